The van der Waals surface area contributed by atoms with E-state index in [1.54, 1.807) is 6.92 Å². The van der Waals surface area contributed by atoms with E-state index in [2.05, 4.69) is 34.8 Å². The molecular formula is C21H36N4O3. The second kappa shape index (κ2) is 13.8. The Morgan fingerprint density at radius 2 is 1.89 bits per heavy atom. The number of ether oxygens (including phenoxy) is 1. The Labute approximate surface area is 169 Å². The summed E-state index contributed by atoms with van der Waals surface area (Å²) in [6.07, 6.45) is 0.461. The van der Waals surface area contributed by atoms with Crippen LogP contribution in [0.25, 0.3) is 0 Å². The molecule has 0 radical (unpaired) electrons. The van der Waals surface area contributed by atoms with Crippen LogP contribution in [-0.4, -0.2) is 49.4 Å². The van der Waals surface area contributed by atoms with Gasteiger partial charge in [0.1, 0.15) is 0 Å². The average molecular weight is 393 g/mol. The summed E-state index contributed by atoms with van der Waals surface area (Å²) < 4.78 is 4.98. The number of benzene rings is 1. The first-order valence-electron chi connectivity index (χ1n) is 10.1. The lowest BCUT2D eigenvalue weighted by molar-refractivity contribution is 0.147. The van der Waals surface area contributed by atoms with E-state index in [0.717, 1.165) is 18.5 Å². The van der Waals surface area contributed by atoms with Gasteiger partial charge in [-0.3, -0.25) is 4.99 Å². The summed E-state index contributed by atoms with van der Waals surface area (Å²) >= 11 is 0. The summed E-state index contributed by atoms with van der Waals surface area (Å²) in [5, 5.41) is 19.6. The van der Waals surface area contributed by atoms with Gasteiger partial charge in [0.25, 0.3) is 0 Å². The van der Waals surface area contributed by atoms with Crippen LogP contribution in [0, 0.1) is 5.92 Å². The number of nitrogens with zero attached hydrogens (tertiary/aromatic N) is 1. The SMILES string of the molecule is CCNC(=NCC(CC(C)C)NC(=O)OCC)NCCC(O)c1ccccc1. The summed E-state index contributed by atoms with van der Waals surface area (Å²) in [6, 6.07) is 9.52. The number of hydrogen-bond acceptors (Lipinski definition) is 4. The Balaban J connectivity index is 2.57. The number of hydrogen-bond donors (Lipinski definition) is 4. The first-order valence-corrected chi connectivity index (χ1v) is 10.1. The molecule has 0 saturated carbocycles. The molecule has 7 nitrogen and oxygen atoms in total. The molecule has 7 heteroatoms. The molecule has 0 fully saturated rings. The van der Waals surface area contributed by atoms with Crippen molar-refractivity contribution in [1.82, 2.24) is 16.0 Å². The van der Waals surface area contributed by atoms with E-state index < -0.39 is 12.2 Å². The summed E-state index contributed by atoms with van der Waals surface area (Å²) in [6.45, 7) is 10.1. The number of nitrogens with one attached hydrogen (secondary N) is 3. The van der Waals surface area contributed by atoms with Crippen molar-refractivity contribution in [3.8, 4) is 0 Å². The minimum Gasteiger partial charge on any atom is -0.450 e. The highest BCUT2D eigenvalue weighted by atomic mass is 16.5. The van der Waals surface area contributed by atoms with E-state index in [0.29, 0.717) is 38.0 Å². The quantitative estimate of drug-likeness (QED) is 0.343. The maximum Gasteiger partial charge on any atom is 0.407 e. The second-order valence-corrected chi connectivity index (χ2v) is 7.05. The zero-order valence-electron chi connectivity index (χ0n) is 17.6. The molecule has 1 amide bonds. The van der Waals surface area contributed by atoms with Gasteiger partial charge in [-0.1, -0.05) is 44.2 Å². The molecule has 1 rings (SSSR count). The number of carbonyl (C=O) groups excluding carboxylic acids is 1. The highest BCUT2D eigenvalue weighted by Gasteiger charge is 2.15. The lowest BCUT2D eigenvalue weighted by atomic mass is 10.0. The number of carbonyl (C=O) groups is 1. The maximum absolute atomic E-state index is 11.7. The summed E-state index contributed by atoms with van der Waals surface area (Å²) in [5.74, 6) is 1.10. The van der Waals surface area contributed by atoms with Gasteiger partial charge in [0.15, 0.2) is 5.96 Å². The fraction of sp³-hybridized carbons (Fsp3) is 0.619. The summed E-state index contributed by atoms with van der Waals surface area (Å²) in [5.41, 5.74) is 0.905. The van der Waals surface area contributed by atoms with Gasteiger partial charge >= 0.3 is 6.09 Å². The van der Waals surface area contributed by atoms with Crippen LogP contribution in [0.1, 0.15) is 52.2 Å². The molecule has 1 aromatic rings. The van der Waals surface area contributed by atoms with Crippen LogP contribution >= 0.6 is 0 Å². The van der Waals surface area contributed by atoms with E-state index in [4.69, 9.17) is 4.74 Å². The van der Waals surface area contributed by atoms with Crippen LogP contribution in [0.3, 0.4) is 0 Å². The highest BCUT2D eigenvalue weighted by Crippen LogP contribution is 2.14. The molecule has 0 saturated heterocycles. The zero-order chi connectivity index (χ0) is 20.8. The summed E-state index contributed by atoms with van der Waals surface area (Å²) in [7, 11) is 0. The van der Waals surface area contributed by atoms with Gasteiger partial charge < -0.3 is 25.8 Å². The number of aliphatic hydroxyl groups excluding tert-OH is 1. The van der Waals surface area contributed by atoms with Crippen molar-refractivity contribution in [2.75, 3.05) is 26.2 Å². The molecule has 0 aromatic heterocycles. The molecular weight excluding hydrogens is 356 g/mol. The first kappa shape index (κ1) is 23.8. The number of aliphatic imine (C=N–C) groups is 1. The van der Waals surface area contributed by atoms with Gasteiger partial charge in [-0.2, -0.15) is 0 Å². The van der Waals surface area contributed by atoms with Gasteiger partial charge in [-0.05, 0) is 38.2 Å². The fourth-order valence-corrected chi connectivity index (χ4v) is 2.80. The number of alkyl carbamates (subject to hydrolysis) is 1. The van der Waals surface area contributed by atoms with Crippen molar-refractivity contribution in [2.24, 2.45) is 10.9 Å². The zero-order valence-corrected chi connectivity index (χ0v) is 17.6. The number of amides is 1. The topological polar surface area (TPSA) is 95.0 Å². The van der Waals surface area contributed by atoms with Crippen molar-refractivity contribution in [1.29, 1.82) is 0 Å². The molecule has 2 unspecified atom stereocenters. The minimum atomic E-state index is -0.518. The minimum absolute atomic E-state index is 0.0931. The lowest BCUT2D eigenvalue weighted by Gasteiger charge is -2.20. The molecule has 0 heterocycles. The third kappa shape index (κ3) is 10.2. The van der Waals surface area contributed by atoms with Crippen LogP contribution < -0.4 is 16.0 Å². The molecule has 1 aromatic carbocycles. The number of rotatable bonds is 11. The van der Waals surface area contributed by atoms with Crippen molar-refractivity contribution in [2.45, 2.75) is 52.7 Å². The predicted octanol–water partition coefficient (Wildman–Crippen LogP) is 2.83. The molecule has 0 aliphatic carbocycles. The van der Waals surface area contributed by atoms with Crippen molar-refractivity contribution < 1.29 is 14.6 Å². The molecule has 2 atom stereocenters. The van der Waals surface area contributed by atoms with Crippen LogP contribution in [0.4, 0.5) is 4.79 Å². The van der Waals surface area contributed by atoms with E-state index in [9.17, 15) is 9.90 Å². The monoisotopic (exact) mass is 392 g/mol. The van der Waals surface area contributed by atoms with E-state index in [-0.39, 0.29) is 6.04 Å². The molecule has 0 aliphatic heterocycles. The number of guanidine groups is 1. The van der Waals surface area contributed by atoms with Crippen LogP contribution in [0.5, 0.6) is 0 Å². The first-order chi connectivity index (χ1) is 13.5. The Morgan fingerprint density at radius 1 is 1.18 bits per heavy atom. The second-order valence-electron chi connectivity index (χ2n) is 7.05. The third-order valence-electron chi connectivity index (χ3n) is 4.06. The van der Waals surface area contributed by atoms with Crippen LogP contribution in [-0.2, 0) is 4.74 Å². The third-order valence-corrected chi connectivity index (χ3v) is 4.06. The van der Waals surface area contributed by atoms with Gasteiger partial charge in [0, 0.05) is 13.1 Å². The number of aliphatic hydroxyl groups is 1. The smallest absolute Gasteiger partial charge is 0.407 e. The fourth-order valence-electron chi connectivity index (χ4n) is 2.80. The molecule has 158 valence electrons. The highest BCUT2D eigenvalue weighted by molar-refractivity contribution is 5.79. The van der Waals surface area contributed by atoms with Crippen molar-refractivity contribution in [3.05, 3.63) is 35.9 Å². The Kier molecular flexibility index (Phi) is 11.7. The van der Waals surface area contributed by atoms with Gasteiger partial charge in [-0.25, -0.2) is 4.79 Å². The Hall–Kier alpha value is -2.28. The molecule has 0 bridgehead atoms. The Bertz CT molecular complexity index is 578. The molecule has 28 heavy (non-hydrogen) atoms. The summed E-state index contributed by atoms with van der Waals surface area (Å²) in [4.78, 5) is 16.3. The molecule has 0 spiro atoms. The van der Waals surface area contributed by atoms with Crippen LogP contribution in [0.15, 0.2) is 35.3 Å². The standard InChI is InChI=1S/C21H36N4O3/c1-5-22-20(23-13-12-19(26)17-10-8-7-9-11-17)24-15-18(14-16(3)4)25-21(27)28-6-2/h7-11,16,18-19,26H,5-6,12-15H2,1-4H3,(H,25,27)(H2,22,23,24). The van der Waals surface area contributed by atoms with Crippen molar-refractivity contribution >= 4 is 12.1 Å². The molecule has 0 aliphatic rings. The average Bonchev–Trinajstić information content (AvgIpc) is 2.66. The normalized spacial score (nSPS) is 13.7. The van der Waals surface area contributed by atoms with E-state index in [1.807, 2.05) is 37.3 Å². The van der Waals surface area contributed by atoms with E-state index in [1.165, 1.54) is 0 Å². The van der Waals surface area contributed by atoms with Gasteiger partial charge in [0.2, 0.25) is 0 Å². The van der Waals surface area contributed by atoms with Gasteiger partial charge in [0.05, 0.1) is 25.3 Å². The Morgan fingerprint density at radius 3 is 2.50 bits per heavy atom. The molecule has 4 N–H and O–H groups in total. The lowest BCUT2D eigenvalue weighted by Crippen LogP contribution is -2.42. The maximum atomic E-state index is 11.7. The van der Waals surface area contributed by atoms with Gasteiger partial charge in [-0.15, -0.1) is 0 Å². The van der Waals surface area contributed by atoms with Crippen LogP contribution in [0.2, 0.25) is 0 Å². The van der Waals surface area contributed by atoms with E-state index >= 15 is 0 Å². The van der Waals surface area contributed by atoms with Crippen molar-refractivity contribution in [3.63, 3.8) is 0 Å². The predicted molar refractivity (Wildman–Crippen MR) is 113 cm³/mol. The largest absolute Gasteiger partial charge is 0.450 e.